The van der Waals surface area contributed by atoms with E-state index in [2.05, 4.69) is 5.32 Å². The maximum absolute atomic E-state index is 11.7. The topological polar surface area (TPSA) is 52.6 Å². The molecule has 2 rings (SSSR count). The summed E-state index contributed by atoms with van der Waals surface area (Å²) >= 11 is 1.90. The van der Waals surface area contributed by atoms with E-state index in [1.54, 1.807) is 11.8 Å². The molecule has 1 amide bonds. The molecule has 0 aromatic heterocycles. The maximum Gasteiger partial charge on any atom is 0.224 e. The number of rotatable bonds is 2. The van der Waals surface area contributed by atoms with E-state index in [9.17, 15) is 9.90 Å². The average molecular weight is 230 g/mol. The summed E-state index contributed by atoms with van der Waals surface area (Å²) < 4.78 is 0. The molecule has 0 aliphatic carbocycles. The number of β-amino-alcohol motifs (C(OH)–C–C–N with tert-alkyl or cyclic N) is 1. The summed E-state index contributed by atoms with van der Waals surface area (Å²) in [5.74, 6) is 2.33. The lowest BCUT2D eigenvalue weighted by Gasteiger charge is -2.44. The van der Waals surface area contributed by atoms with Crippen molar-refractivity contribution in [2.45, 2.75) is 25.0 Å². The van der Waals surface area contributed by atoms with Crippen molar-refractivity contribution in [1.29, 1.82) is 0 Å². The Bertz CT molecular complexity index is 244. The second-order valence-electron chi connectivity index (χ2n) is 4.68. The molecule has 5 heteroatoms. The van der Waals surface area contributed by atoms with Crippen LogP contribution in [0.25, 0.3) is 0 Å². The highest BCUT2D eigenvalue weighted by atomic mass is 32.2. The van der Waals surface area contributed by atoms with Gasteiger partial charge in [-0.2, -0.15) is 11.8 Å². The van der Waals surface area contributed by atoms with Crippen molar-refractivity contribution >= 4 is 17.7 Å². The van der Waals surface area contributed by atoms with Crippen molar-refractivity contribution in [2.75, 3.05) is 31.1 Å². The van der Waals surface area contributed by atoms with Gasteiger partial charge in [0, 0.05) is 30.5 Å². The van der Waals surface area contributed by atoms with Gasteiger partial charge in [-0.05, 0) is 6.92 Å². The molecule has 2 fully saturated rings. The fraction of sp³-hybridized carbons (Fsp3) is 0.900. The van der Waals surface area contributed by atoms with Gasteiger partial charge >= 0.3 is 0 Å². The average Bonchev–Trinajstić information content (AvgIpc) is 2.15. The van der Waals surface area contributed by atoms with Crippen LogP contribution in [0.15, 0.2) is 0 Å². The van der Waals surface area contributed by atoms with Gasteiger partial charge in [0.2, 0.25) is 5.91 Å². The summed E-state index contributed by atoms with van der Waals surface area (Å²) in [6.07, 6.45) is 0.572. The van der Waals surface area contributed by atoms with E-state index in [0.29, 0.717) is 25.6 Å². The predicted octanol–water partition coefficient (Wildman–Crippen LogP) is -0.325. The standard InChI is InChI=1S/C10H18N2O2S/c1-10(14)6-12(7-10)9(13)4-8-5-15-3-2-11-8/h8,11,14H,2-7H2,1H3. The summed E-state index contributed by atoms with van der Waals surface area (Å²) in [6, 6.07) is 0.321. The van der Waals surface area contributed by atoms with Crippen molar-refractivity contribution in [3.8, 4) is 0 Å². The first-order chi connectivity index (χ1) is 7.07. The third-order valence-corrected chi connectivity index (χ3v) is 3.97. The number of carbonyl (C=O) groups excluding carboxylic acids is 1. The van der Waals surface area contributed by atoms with Crippen LogP contribution in [0.2, 0.25) is 0 Å². The Morgan fingerprint density at radius 2 is 2.40 bits per heavy atom. The van der Waals surface area contributed by atoms with Crippen molar-refractivity contribution < 1.29 is 9.90 Å². The fourth-order valence-electron chi connectivity index (χ4n) is 2.04. The van der Waals surface area contributed by atoms with Crippen LogP contribution in [0, 0.1) is 0 Å². The van der Waals surface area contributed by atoms with Crippen LogP contribution in [0.4, 0.5) is 0 Å². The molecule has 2 aliphatic heterocycles. The number of carbonyl (C=O) groups is 1. The zero-order valence-electron chi connectivity index (χ0n) is 9.03. The monoisotopic (exact) mass is 230 g/mol. The Kier molecular flexibility index (Phi) is 3.23. The van der Waals surface area contributed by atoms with Gasteiger partial charge in [-0.3, -0.25) is 4.79 Å². The van der Waals surface area contributed by atoms with Crippen LogP contribution in [-0.2, 0) is 4.79 Å². The number of nitrogens with one attached hydrogen (secondary N) is 1. The molecule has 2 saturated heterocycles. The van der Waals surface area contributed by atoms with Gasteiger partial charge < -0.3 is 15.3 Å². The molecular formula is C10H18N2O2S. The summed E-state index contributed by atoms with van der Waals surface area (Å²) in [5, 5.41) is 12.9. The van der Waals surface area contributed by atoms with Crippen molar-refractivity contribution in [2.24, 2.45) is 0 Å². The van der Waals surface area contributed by atoms with Gasteiger partial charge in [0.05, 0.1) is 18.7 Å². The van der Waals surface area contributed by atoms with Crippen molar-refractivity contribution in [1.82, 2.24) is 10.2 Å². The molecule has 1 unspecified atom stereocenters. The molecule has 0 bridgehead atoms. The Labute approximate surface area is 94.4 Å². The maximum atomic E-state index is 11.7. The van der Waals surface area contributed by atoms with Crippen LogP contribution in [0.1, 0.15) is 13.3 Å². The van der Waals surface area contributed by atoms with E-state index in [0.717, 1.165) is 18.1 Å². The van der Waals surface area contributed by atoms with E-state index < -0.39 is 5.60 Å². The molecule has 0 saturated carbocycles. The number of thioether (sulfide) groups is 1. The second kappa shape index (κ2) is 4.31. The van der Waals surface area contributed by atoms with Crippen molar-refractivity contribution in [3.63, 3.8) is 0 Å². The second-order valence-corrected chi connectivity index (χ2v) is 5.83. The van der Waals surface area contributed by atoms with Gasteiger partial charge in [0.15, 0.2) is 0 Å². The predicted molar refractivity (Wildman–Crippen MR) is 60.9 cm³/mol. The lowest BCUT2D eigenvalue weighted by Crippen LogP contribution is -2.62. The smallest absolute Gasteiger partial charge is 0.224 e. The first-order valence-corrected chi connectivity index (χ1v) is 6.54. The molecule has 2 heterocycles. The van der Waals surface area contributed by atoms with Gasteiger partial charge in [0.25, 0.3) is 0 Å². The highest BCUT2D eigenvalue weighted by Gasteiger charge is 2.39. The molecule has 0 spiro atoms. The third-order valence-electron chi connectivity index (χ3n) is 2.84. The molecular weight excluding hydrogens is 212 g/mol. The number of hydrogen-bond donors (Lipinski definition) is 2. The van der Waals surface area contributed by atoms with E-state index >= 15 is 0 Å². The van der Waals surface area contributed by atoms with Gasteiger partial charge in [-0.1, -0.05) is 0 Å². The van der Waals surface area contributed by atoms with E-state index in [1.807, 2.05) is 11.8 Å². The quantitative estimate of drug-likeness (QED) is 0.682. The zero-order valence-corrected chi connectivity index (χ0v) is 9.85. The van der Waals surface area contributed by atoms with Crippen LogP contribution in [-0.4, -0.2) is 58.7 Å². The van der Waals surface area contributed by atoms with Crippen LogP contribution >= 0.6 is 11.8 Å². The number of hydrogen-bond acceptors (Lipinski definition) is 4. The largest absolute Gasteiger partial charge is 0.386 e. The normalized spacial score (nSPS) is 29.7. The molecule has 2 N–H and O–H groups in total. The van der Waals surface area contributed by atoms with Crippen LogP contribution in [0.5, 0.6) is 0 Å². The fourth-order valence-corrected chi connectivity index (χ4v) is 2.99. The van der Waals surface area contributed by atoms with Crippen molar-refractivity contribution in [3.05, 3.63) is 0 Å². The summed E-state index contributed by atoms with van der Waals surface area (Å²) in [5.41, 5.74) is -0.648. The van der Waals surface area contributed by atoms with Crippen LogP contribution in [0.3, 0.4) is 0 Å². The van der Waals surface area contributed by atoms with Crippen LogP contribution < -0.4 is 5.32 Å². The minimum absolute atomic E-state index is 0.168. The summed E-state index contributed by atoms with van der Waals surface area (Å²) in [7, 11) is 0. The lowest BCUT2D eigenvalue weighted by atomic mass is 9.96. The minimum atomic E-state index is -0.648. The Morgan fingerprint density at radius 1 is 1.67 bits per heavy atom. The SMILES string of the molecule is CC1(O)CN(C(=O)CC2CSCCN2)C1. The molecule has 0 aromatic rings. The number of aliphatic hydroxyl groups is 1. The zero-order chi connectivity index (χ0) is 10.9. The first kappa shape index (κ1) is 11.2. The molecule has 1 atom stereocenters. The summed E-state index contributed by atoms with van der Waals surface area (Å²) in [6.45, 7) is 3.75. The van der Waals surface area contributed by atoms with Gasteiger partial charge in [-0.15, -0.1) is 0 Å². The molecule has 0 aromatic carbocycles. The molecule has 4 nitrogen and oxygen atoms in total. The molecule has 86 valence electrons. The van der Waals surface area contributed by atoms with Gasteiger partial charge in [-0.25, -0.2) is 0 Å². The highest BCUT2D eigenvalue weighted by Crippen LogP contribution is 2.21. The first-order valence-electron chi connectivity index (χ1n) is 5.38. The van der Waals surface area contributed by atoms with E-state index in [4.69, 9.17) is 0 Å². The highest BCUT2D eigenvalue weighted by molar-refractivity contribution is 7.99. The Hall–Kier alpha value is -0.260. The lowest BCUT2D eigenvalue weighted by molar-refractivity contribution is -0.152. The molecule has 15 heavy (non-hydrogen) atoms. The molecule has 0 radical (unpaired) electrons. The number of nitrogens with zero attached hydrogens (tertiary/aromatic N) is 1. The third kappa shape index (κ3) is 2.86. The number of likely N-dealkylation sites (tertiary alicyclic amines) is 1. The number of amides is 1. The van der Waals surface area contributed by atoms with E-state index in [1.165, 1.54) is 0 Å². The Balaban J connectivity index is 1.73. The van der Waals surface area contributed by atoms with Gasteiger partial charge in [0.1, 0.15) is 0 Å². The molecule has 2 aliphatic rings. The van der Waals surface area contributed by atoms with E-state index in [-0.39, 0.29) is 5.91 Å². The summed E-state index contributed by atoms with van der Waals surface area (Å²) in [4.78, 5) is 13.5. The minimum Gasteiger partial charge on any atom is -0.386 e. The Morgan fingerprint density at radius 3 is 2.93 bits per heavy atom.